The van der Waals surface area contributed by atoms with Crippen molar-refractivity contribution in [3.05, 3.63) is 46.5 Å². The Balaban J connectivity index is 2.37. The largest absolute Gasteiger partial charge is 0.416 e. The molecule has 1 heterocycles. The average molecular weight is 272 g/mol. The van der Waals surface area contributed by atoms with E-state index in [0.717, 1.165) is 23.5 Å². The summed E-state index contributed by atoms with van der Waals surface area (Å²) in [4.78, 5) is 15.8. The number of hydrogen-bond acceptors (Lipinski definition) is 4. The molecule has 2 aromatic rings. The first-order valence-corrected chi connectivity index (χ1v) is 5.63. The molecule has 0 aliphatic rings. The number of anilines is 1. The fourth-order valence-electron chi connectivity index (χ4n) is 1.37. The standard InChI is InChI=1S/C11H7F3N2OS/c12-11(13,14)7-3-1-2-6(4-7)9(17)8-5-16-10(15)18-8/h1-5H,(H2,15,16). The normalized spacial score (nSPS) is 11.5. The molecule has 0 saturated carbocycles. The Bertz CT molecular complexity index is 592. The minimum atomic E-state index is -4.47. The Morgan fingerprint density at radius 3 is 2.61 bits per heavy atom. The SMILES string of the molecule is Nc1ncc(C(=O)c2cccc(C(F)(F)F)c2)s1. The lowest BCUT2D eigenvalue weighted by atomic mass is 10.1. The van der Waals surface area contributed by atoms with Gasteiger partial charge >= 0.3 is 6.18 Å². The highest BCUT2D eigenvalue weighted by molar-refractivity contribution is 7.17. The molecule has 0 unspecified atom stereocenters. The van der Waals surface area contributed by atoms with Crippen molar-refractivity contribution < 1.29 is 18.0 Å². The van der Waals surface area contributed by atoms with Crippen LogP contribution in [0.5, 0.6) is 0 Å². The number of hydrogen-bond donors (Lipinski definition) is 1. The molecule has 2 rings (SSSR count). The predicted molar refractivity (Wildman–Crippen MR) is 61.4 cm³/mol. The van der Waals surface area contributed by atoms with Crippen LogP contribution >= 0.6 is 11.3 Å². The number of halogens is 3. The Hall–Kier alpha value is -1.89. The predicted octanol–water partition coefficient (Wildman–Crippen LogP) is 2.98. The second-order valence-electron chi connectivity index (χ2n) is 3.47. The van der Waals surface area contributed by atoms with E-state index in [0.29, 0.717) is 0 Å². The van der Waals surface area contributed by atoms with Crippen molar-refractivity contribution in [3.8, 4) is 0 Å². The Labute approximate surface area is 104 Å². The fraction of sp³-hybridized carbons (Fsp3) is 0.0909. The first kappa shape index (κ1) is 12.6. The molecule has 3 nitrogen and oxygen atoms in total. The van der Waals surface area contributed by atoms with E-state index in [1.165, 1.54) is 18.3 Å². The van der Waals surface area contributed by atoms with E-state index in [-0.39, 0.29) is 15.6 Å². The highest BCUT2D eigenvalue weighted by Gasteiger charge is 2.31. The molecular weight excluding hydrogens is 265 g/mol. The van der Waals surface area contributed by atoms with Gasteiger partial charge in [0.25, 0.3) is 0 Å². The molecule has 18 heavy (non-hydrogen) atoms. The van der Waals surface area contributed by atoms with Crippen LogP contribution in [0.25, 0.3) is 0 Å². The number of nitrogens with two attached hydrogens (primary N) is 1. The van der Waals surface area contributed by atoms with E-state index in [9.17, 15) is 18.0 Å². The third-order valence-corrected chi connectivity index (χ3v) is 3.02. The van der Waals surface area contributed by atoms with Crippen LogP contribution in [0.15, 0.2) is 30.5 Å². The maximum Gasteiger partial charge on any atom is 0.416 e. The van der Waals surface area contributed by atoms with Gasteiger partial charge in [-0.25, -0.2) is 4.98 Å². The molecule has 0 bridgehead atoms. The van der Waals surface area contributed by atoms with Crippen LogP contribution in [0.4, 0.5) is 18.3 Å². The van der Waals surface area contributed by atoms with Gasteiger partial charge in [0.15, 0.2) is 5.13 Å². The molecule has 0 aliphatic carbocycles. The van der Waals surface area contributed by atoms with E-state index < -0.39 is 17.5 Å². The number of benzene rings is 1. The van der Waals surface area contributed by atoms with Gasteiger partial charge in [-0.15, -0.1) is 0 Å². The minimum absolute atomic E-state index is 0.0338. The van der Waals surface area contributed by atoms with Gasteiger partial charge in [-0.05, 0) is 12.1 Å². The Morgan fingerprint density at radius 1 is 1.33 bits per heavy atom. The molecule has 0 amide bonds. The van der Waals surface area contributed by atoms with Crippen molar-refractivity contribution in [3.63, 3.8) is 0 Å². The topological polar surface area (TPSA) is 56.0 Å². The summed E-state index contributed by atoms with van der Waals surface area (Å²) in [6.07, 6.45) is -3.22. The zero-order valence-corrected chi connectivity index (χ0v) is 9.68. The van der Waals surface area contributed by atoms with Gasteiger partial charge in [-0.2, -0.15) is 13.2 Å². The molecule has 0 spiro atoms. The third kappa shape index (κ3) is 2.51. The molecule has 1 aromatic heterocycles. The highest BCUT2D eigenvalue weighted by Crippen LogP contribution is 2.30. The molecule has 0 saturated heterocycles. The summed E-state index contributed by atoms with van der Waals surface area (Å²) in [5, 5.41) is 0.199. The van der Waals surface area contributed by atoms with Crippen molar-refractivity contribution in [2.24, 2.45) is 0 Å². The van der Waals surface area contributed by atoms with Crippen molar-refractivity contribution in [2.75, 3.05) is 5.73 Å². The van der Waals surface area contributed by atoms with Crippen LogP contribution < -0.4 is 5.73 Å². The van der Waals surface area contributed by atoms with Crippen LogP contribution in [0.1, 0.15) is 20.8 Å². The number of aromatic nitrogens is 1. The van der Waals surface area contributed by atoms with Gasteiger partial charge in [-0.1, -0.05) is 23.5 Å². The minimum Gasteiger partial charge on any atom is -0.375 e. The van der Waals surface area contributed by atoms with Crippen molar-refractivity contribution in [1.29, 1.82) is 0 Å². The first-order valence-electron chi connectivity index (χ1n) is 4.81. The highest BCUT2D eigenvalue weighted by atomic mass is 32.1. The van der Waals surface area contributed by atoms with Crippen LogP contribution in [0.2, 0.25) is 0 Å². The van der Waals surface area contributed by atoms with Gasteiger partial charge in [0.1, 0.15) is 0 Å². The van der Waals surface area contributed by atoms with E-state index in [2.05, 4.69) is 4.98 Å². The molecule has 94 valence electrons. The summed E-state index contributed by atoms with van der Waals surface area (Å²) < 4.78 is 37.5. The third-order valence-electron chi connectivity index (χ3n) is 2.20. The zero-order valence-electron chi connectivity index (χ0n) is 8.86. The maximum atomic E-state index is 12.5. The van der Waals surface area contributed by atoms with E-state index in [1.807, 2.05) is 0 Å². The molecule has 1 aromatic carbocycles. The summed E-state index contributed by atoms with van der Waals surface area (Å²) >= 11 is 0.940. The number of carbonyl (C=O) groups is 1. The number of nitrogens with zero attached hydrogens (tertiary/aromatic N) is 1. The van der Waals surface area contributed by atoms with Crippen LogP contribution in [-0.2, 0) is 6.18 Å². The number of carbonyl (C=O) groups excluding carboxylic acids is 1. The molecule has 0 aliphatic heterocycles. The number of alkyl halides is 3. The number of thiazole rings is 1. The smallest absolute Gasteiger partial charge is 0.375 e. The zero-order chi connectivity index (χ0) is 13.3. The van der Waals surface area contributed by atoms with Crippen molar-refractivity contribution >= 4 is 22.3 Å². The molecular formula is C11H7F3N2OS. The summed E-state index contributed by atoms with van der Waals surface area (Å²) in [6, 6.07) is 4.25. The Kier molecular flexibility index (Phi) is 3.08. The summed E-state index contributed by atoms with van der Waals surface area (Å²) in [5.74, 6) is -0.518. The van der Waals surface area contributed by atoms with Gasteiger partial charge in [-0.3, -0.25) is 4.79 Å². The van der Waals surface area contributed by atoms with Gasteiger partial charge in [0.05, 0.1) is 16.6 Å². The fourth-order valence-corrected chi connectivity index (χ4v) is 2.02. The van der Waals surface area contributed by atoms with Crippen molar-refractivity contribution in [1.82, 2.24) is 4.98 Å². The molecule has 2 N–H and O–H groups in total. The lowest BCUT2D eigenvalue weighted by Crippen LogP contribution is -2.07. The Morgan fingerprint density at radius 2 is 2.06 bits per heavy atom. The molecule has 0 radical (unpaired) electrons. The quantitative estimate of drug-likeness (QED) is 0.855. The van der Waals surface area contributed by atoms with Crippen LogP contribution in [0.3, 0.4) is 0 Å². The first-order chi connectivity index (χ1) is 8.38. The monoisotopic (exact) mass is 272 g/mol. The average Bonchev–Trinajstić information content (AvgIpc) is 2.74. The maximum absolute atomic E-state index is 12.5. The van der Waals surface area contributed by atoms with Gasteiger partial charge in [0, 0.05) is 5.56 Å². The number of nitrogen functional groups attached to an aromatic ring is 1. The van der Waals surface area contributed by atoms with E-state index in [1.54, 1.807) is 0 Å². The summed E-state index contributed by atoms with van der Waals surface area (Å²) in [5.41, 5.74) is 4.48. The lowest BCUT2D eigenvalue weighted by Gasteiger charge is -2.07. The van der Waals surface area contributed by atoms with Gasteiger partial charge < -0.3 is 5.73 Å². The van der Waals surface area contributed by atoms with Gasteiger partial charge in [0.2, 0.25) is 5.78 Å². The summed E-state index contributed by atoms with van der Waals surface area (Å²) in [7, 11) is 0. The molecule has 0 atom stereocenters. The van der Waals surface area contributed by atoms with E-state index in [4.69, 9.17) is 5.73 Å². The summed E-state index contributed by atoms with van der Waals surface area (Å²) in [6.45, 7) is 0. The van der Waals surface area contributed by atoms with Crippen molar-refractivity contribution in [2.45, 2.75) is 6.18 Å². The molecule has 0 fully saturated rings. The van der Waals surface area contributed by atoms with Crippen LogP contribution in [0, 0.1) is 0 Å². The number of ketones is 1. The lowest BCUT2D eigenvalue weighted by molar-refractivity contribution is -0.137. The van der Waals surface area contributed by atoms with Crippen LogP contribution in [-0.4, -0.2) is 10.8 Å². The molecule has 7 heteroatoms. The number of rotatable bonds is 2. The van der Waals surface area contributed by atoms with E-state index >= 15 is 0 Å². The second-order valence-corrected chi connectivity index (χ2v) is 4.53. The second kappa shape index (κ2) is 4.41.